The molecule has 2 heterocycles. The lowest BCUT2D eigenvalue weighted by Gasteiger charge is -1.99. The molecule has 2 aromatic heterocycles. The van der Waals surface area contributed by atoms with Crippen LogP contribution in [0.1, 0.15) is 15.4 Å². The molecule has 0 fully saturated rings. The lowest BCUT2D eigenvalue weighted by Crippen LogP contribution is -2.10. The zero-order chi connectivity index (χ0) is 14.8. The van der Waals surface area contributed by atoms with Crippen molar-refractivity contribution in [2.75, 3.05) is 5.32 Å². The maximum absolute atomic E-state index is 12.3. The third-order valence-electron chi connectivity index (χ3n) is 2.99. The number of thiazole rings is 1. The van der Waals surface area contributed by atoms with E-state index in [9.17, 15) is 4.79 Å². The van der Waals surface area contributed by atoms with Gasteiger partial charge in [-0.3, -0.25) is 9.48 Å². The topological polar surface area (TPSA) is 59.8 Å². The van der Waals surface area contributed by atoms with Gasteiger partial charge in [0.25, 0.3) is 5.91 Å². The number of carbonyl (C=O) groups excluding carboxylic acids is 1. The summed E-state index contributed by atoms with van der Waals surface area (Å²) in [6.45, 7) is 1.85. The van der Waals surface area contributed by atoms with Crippen molar-refractivity contribution in [2.24, 2.45) is 7.05 Å². The maximum atomic E-state index is 12.3. The van der Waals surface area contributed by atoms with E-state index in [0.717, 1.165) is 16.3 Å². The molecular formula is C15H14N4OS. The number of amides is 1. The van der Waals surface area contributed by atoms with Gasteiger partial charge in [-0.25, -0.2) is 4.98 Å². The summed E-state index contributed by atoms with van der Waals surface area (Å²) in [5, 5.41) is 7.71. The van der Waals surface area contributed by atoms with E-state index in [-0.39, 0.29) is 5.91 Å². The van der Waals surface area contributed by atoms with Crippen LogP contribution in [0, 0.1) is 6.92 Å². The normalized spacial score (nSPS) is 10.6. The number of hydrogen-bond donors (Lipinski definition) is 1. The summed E-state index contributed by atoms with van der Waals surface area (Å²) in [7, 11) is 1.81. The molecule has 0 radical (unpaired) electrons. The summed E-state index contributed by atoms with van der Waals surface area (Å²) in [5.41, 5.74) is 2.43. The number of aromatic nitrogens is 3. The summed E-state index contributed by atoms with van der Waals surface area (Å²) in [5.74, 6) is -0.153. The minimum atomic E-state index is -0.153. The second-order valence-electron chi connectivity index (χ2n) is 4.66. The number of nitrogens with one attached hydrogen (secondary N) is 1. The number of aryl methyl sites for hydroxylation is 2. The second-order valence-corrected chi connectivity index (χ2v) is 5.66. The van der Waals surface area contributed by atoms with Crippen molar-refractivity contribution in [2.45, 2.75) is 6.92 Å². The van der Waals surface area contributed by atoms with E-state index in [2.05, 4.69) is 15.4 Å². The summed E-state index contributed by atoms with van der Waals surface area (Å²) in [6, 6.07) is 9.85. The molecule has 1 N–H and O–H groups in total. The van der Waals surface area contributed by atoms with Crippen molar-refractivity contribution in [1.82, 2.24) is 14.8 Å². The van der Waals surface area contributed by atoms with Gasteiger partial charge in [0, 0.05) is 18.8 Å². The average Bonchev–Trinajstić information content (AvgIpc) is 3.06. The van der Waals surface area contributed by atoms with Crippen LogP contribution < -0.4 is 5.32 Å². The van der Waals surface area contributed by atoms with Crippen LogP contribution in [-0.2, 0) is 7.05 Å². The van der Waals surface area contributed by atoms with E-state index in [1.807, 2.05) is 37.3 Å². The molecule has 3 rings (SSSR count). The van der Waals surface area contributed by atoms with Crippen LogP contribution in [0.25, 0.3) is 10.6 Å². The van der Waals surface area contributed by atoms with Crippen molar-refractivity contribution in [3.05, 3.63) is 53.3 Å². The Kier molecular flexibility index (Phi) is 3.53. The third kappa shape index (κ3) is 2.85. The summed E-state index contributed by atoms with van der Waals surface area (Å²) >= 11 is 1.40. The fourth-order valence-electron chi connectivity index (χ4n) is 1.98. The molecule has 0 spiro atoms. The first-order chi connectivity index (χ1) is 10.1. The Balaban J connectivity index is 1.86. The smallest absolute Gasteiger partial charge is 0.267 e. The molecule has 21 heavy (non-hydrogen) atoms. The summed E-state index contributed by atoms with van der Waals surface area (Å²) in [4.78, 5) is 17.4. The first-order valence-corrected chi connectivity index (χ1v) is 7.28. The molecule has 0 saturated carbocycles. The van der Waals surface area contributed by atoms with Gasteiger partial charge < -0.3 is 5.32 Å². The molecule has 1 aromatic carbocycles. The van der Waals surface area contributed by atoms with Crippen LogP contribution in [0.4, 0.5) is 5.69 Å². The molecule has 0 aliphatic rings. The van der Waals surface area contributed by atoms with Crippen LogP contribution in [0.3, 0.4) is 0 Å². The molecule has 0 saturated heterocycles. The van der Waals surface area contributed by atoms with Gasteiger partial charge in [-0.1, -0.05) is 30.3 Å². The molecular weight excluding hydrogens is 284 g/mol. The fourth-order valence-corrected chi connectivity index (χ4v) is 2.95. The quantitative estimate of drug-likeness (QED) is 0.808. The zero-order valence-corrected chi connectivity index (χ0v) is 12.5. The highest BCUT2D eigenvalue weighted by Gasteiger charge is 2.16. The van der Waals surface area contributed by atoms with Crippen molar-refractivity contribution >= 4 is 22.9 Å². The van der Waals surface area contributed by atoms with E-state index in [1.54, 1.807) is 24.1 Å². The molecule has 0 aliphatic heterocycles. The minimum absolute atomic E-state index is 0.153. The van der Waals surface area contributed by atoms with Crippen molar-refractivity contribution in [3.8, 4) is 10.6 Å². The SMILES string of the molecule is Cc1nc(-c2ccccc2)sc1C(=O)Nc1cnn(C)c1. The first kappa shape index (κ1) is 13.5. The van der Waals surface area contributed by atoms with Crippen LogP contribution in [0.15, 0.2) is 42.7 Å². The molecule has 5 nitrogen and oxygen atoms in total. The van der Waals surface area contributed by atoms with E-state index in [1.165, 1.54) is 11.3 Å². The van der Waals surface area contributed by atoms with Crippen molar-refractivity contribution in [3.63, 3.8) is 0 Å². The largest absolute Gasteiger partial charge is 0.319 e. The predicted octanol–water partition coefficient (Wildman–Crippen LogP) is 3.10. The Morgan fingerprint density at radius 2 is 2.05 bits per heavy atom. The van der Waals surface area contributed by atoms with Crippen LogP contribution >= 0.6 is 11.3 Å². The van der Waals surface area contributed by atoms with E-state index in [4.69, 9.17) is 0 Å². The van der Waals surface area contributed by atoms with Crippen LogP contribution in [0.2, 0.25) is 0 Å². The molecule has 3 aromatic rings. The first-order valence-electron chi connectivity index (χ1n) is 6.46. The van der Waals surface area contributed by atoms with Gasteiger partial charge in [-0.05, 0) is 6.92 Å². The molecule has 6 heteroatoms. The summed E-state index contributed by atoms with van der Waals surface area (Å²) < 4.78 is 1.64. The Morgan fingerprint density at radius 1 is 1.29 bits per heavy atom. The molecule has 0 bridgehead atoms. The molecule has 1 amide bonds. The van der Waals surface area contributed by atoms with Gasteiger partial charge in [0.15, 0.2) is 0 Å². The Labute approximate surface area is 126 Å². The van der Waals surface area contributed by atoms with Crippen LogP contribution in [-0.4, -0.2) is 20.7 Å². The van der Waals surface area contributed by atoms with Gasteiger partial charge in [-0.15, -0.1) is 11.3 Å². The molecule has 0 aliphatic carbocycles. The van der Waals surface area contributed by atoms with Crippen molar-refractivity contribution < 1.29 is 4.79 Å². The van der Waals surface area contributed by atoms with E-state index < -0.39 is 0 Å². The fraction of sp³-hybridized carbons (Fsp3) is 0.133. The van der Waals surface area contributed by atoms with Crippen LogP contribution in [0.5, 0.6) is 0 Å². The lowest BCUT2D eigenvalue weighted by molar-refractivity contribution is 0.103. The lowest BCUT2D eigenvalue weighted by atomic mass is 10.2. The predicted molar refractivity (Wildman–Crippen MR) is 83.4 cm³/mol. The number of nitrogens with zero attached hydrogens (tertiary/aromatic N) is 3. The Morgan fingerprint density at radius 3 is 2.71 bits per heavy atom. The monoisotopic (exact) mass is 298 g/mol. The minimum Gasteiger partial charge on any atom is -0.319 e. The van der Waals surface area contributed by atoms with Gasteiger partial charge in [0.1, 0.15) is 9.88 Å². The van der Waals surface area contributed by atoms with Crippen molar-refractivity contribution in [1.29, 1.82) is 0 Å². The van der Waals surface area contributed by atoms with Gasteiger partial charge in [0.05, 0.1) is 17.6 Å². The number of hydrogen-bond acceptors (Lipinski definition) is 4. The highest BCUT2D eigenvalue weighted by atomic mass is 32.1. The number of rotatable bonds is 3. The Hall–Kier alpha value is -2.47. The molecule has 0 unspecified atom stereocenters. The third-order valence-corrected chi connectivity index (χ3v) is 4.19. The molecule has 0 atom stereocenters. The number of anilines is 1. The highest BCUT2D eigenvalue weighted by molar-refractivity contribution is 7.17. The van der Waals surface area contributed by atoms with E-state index >= 15 is 0 Å². The Bertz CT molecular complexity index is 776. The van der Waals surface area contributed by atoms with Gasteiger partial charge in [0.2, 0.25) is 0 Å². The molecule has 106 valence electrons. The zero-order valence-electron chi connectivity index (χ0n) is 11.7. The highest BCUT2D eigenvalue weighted by Crippen LogP contribution is 2.28. The average molecular weight is 298 g/mol. The summed E-state index contributed by atoms with van der Waals surface area (Å²) in [6.07, 6.45) is 3.37. The van der Waals surface area contributed by atoms with Gasteiger partial charge in [-0.2, -0.15) is 5.10 Å². The second kappa shape index (κ2) is 5.49. The van der Waals surface area contributed by atoms with Gasteiger partial charge >= 0.3 is 0 Å². The van der Waals surface area contributed by atoms with E-state index in [0.29, 0.717) is 10.6 Å². The standard InChI is InChI=1S/C15H14N4OS/c1-10-13(14(20)18-12-8-16-19(2)9-12)21-15(17-10)11-6-4-3-5-7-11/h3-9H,1-2H3,(H,18,20). The maximum Gasteiger partial charge on any atom is 0.267 e. The number of carbonyl (C=O) groups is 1. The number of benzene rings is 1.